The average molecular weight is 549 g/mol. The van der Waals surface area contributed by atoms with Crippen LogP contribution in [0.5, 0.6) is 0 Å². The fourth-order valence-corrected chi connectivity index (χ4v) is 3.59. The van der Waals surface area contributed by atoms with Crippen molar-refractivity contribution < 1.29 is 113 Å². The Morgan fingerprint density at radius 2 is 1.29 bits per heavy atom. The third-order valence-corrected chi connectivity index (χ3v) is 5.68. The monoisotopic (exact) mass is 548 g/mol. The number of phosphoric ester groups is 1. The molecular weight excluding hydrogens is 505 g/mol. The third-order valence-electron chi connectivity index (χ3n) is 5.18. The second kappa shape index (κ2) is 26.1. The van der Waals surface area contributed by atoms with Crippen LogP contribution < -0.4 is 68.9 Å². The number of hydrogen-bond donors (Lipinski definition) is 5. The van der Waals surface area contributed by atoms with Crippen molar-refractivity contribution in [2.24, 2.45) is 0 Å². The molecule has 1 heterocycles. The van der Waals surface area contributed by atoms with E-state index in [-0.39, 0.29) is 78.7 Å². The molecule has 1 unspecified atom stereocenters. The topological polar surface area (TPSA) is 192 Å². The SMILES string of the molecule is CCCCCCCCCCCCOC1O[C@H](CO)[C@@H](O)[C@H](O)[C@H]1O.O=P([O-])([O-])OCCCO.[Na+].[Na+]. The minimum Gasteiger partial charge on any atom is -0.790 e. The summed E-state index contributed by atoms with van der Waals surface area (Å²) in [5.41, 5.74) is 0. The Labute approximate surface area is 253 Å². The normalized spacial score (nSPS) is 24.1. The van der Waals surface area contributed by atoms with Crippen molar-refractivity contribution in [2.45, 2.75) is 108 Å². The Morgan fingerprint density at radius 1 is 0.771 bits per heavy atom. The largest absolute Gasteiger partial charge is 1.00 e. The van der Waals surface area contributed by atoms with E-state index in [4.69, 9.17) is 19.7 Å². The van der Waals surface area contributed by atoms with E-state index in [0.29, 0.717) is 6.61 Å². The van der Waals surface area contributed by atoms with Gasteiger partial charge in [0.1, 0.15) is 24.4 Å². The van der Waals surface area contributed by atoms with Crippen LogP contribution in [0.1, 0.15) is 77.6 Å². The van der Waals surface area contributed by atoms with Gasteiger partial charge in [-0.2, -0.15) is 0 Å². The van der Waals surface area contributed by atoms with Crippen molar-refractivity contribution >= 4 is 7.82 Å². The molecule has 0 aromatic heterocycles. The number of unbranched alkanes of at least 4 members (excludes halogenated alkanes) is 9. The Morgan fingerprint density at radius 3 is 1.74 bits per heavy atom. The van der Waals surface area contributed by atoms with Crippen LogP contribution in [0.2, 0.25) is 0 Å². The number of hydrogen-bond acceptors (Lipinski definition) is 11. The van der Waals surface area contributed by atoms with Gasteiger partial charge in [0.25, 0.3) is 0 Å². The molecule has 35 heavy (non-hydrogen) atoms. The number of rotatable bonds is 17. The first-order valence-corrected chi connectivity index (χ1v) is 13.3. The maximum atomic E-state index is 9.84. The standard InChI is InChI=1S/C18H36O6.C3H9O5P.2Na/c1-2-3-4-5-6-7-8-9-10-11-12-23-18-17(22)16(21)15(20)14(13-19)24-18;4-2-1-3-8-9(5,6)7;;/h14-22H,2-13H2,1H3;4H,1-3H2,(H2,5,6,7);;/q;;2*+1/p-2/t14-,15-,16+,17-,18?;;;/m1.../s1. The van der Waals surface area contributed by atoms with Crippen LogP contribution >= 0.6 is 7.82 Å². The molecule has 200 valence electrons. The molecule has 1 aliphatic rings. The van der Waals surface area contributed by atoms with Crippen LogP contribution in [0.25, 0.3) is 0 Å². The summed E-state index contributed by atoms with van der Waals surface area (Å²) in [6.45, 7) is 1.81. The summed E-state index contributed by atoms with van der Waals surface area (Å²) in [5.74, 6) is 0. The van der Waals surface area contributed by atoms with E-state index >= 15 is 0 Å². The number of aliphatic hydroxyl groups excluding tert-OH is 5. The first-order chi connectivity index (χ1) is 15.7. The van der Waals surface area contributed by atoms with Gasteiger partial charge in [-0.25, -0.2) is 0 Å². The van der Waals surface area contributed by atoms with Gasteiger partial charge < -0.3 is 53.9 Å². The summed E-state index contributed by atoms with van der Waals surface area (Å²) in [6.07, 6.45) is 6.53. The predicted octanol–water partition coefficient (Wildman–Crippen LogP) is -6.05. The summed E-state index contributed by atoms with van der Waals surface area (Å²) >= 11 is 0. The molecular formula is C21H43Na2O11P. The smallest absolute Gasteiger partial charge is 0.790 e. The summed E-state index contributed by atoms with van der Waals surface area (Å²) in [6, 6.07) is 0. The Balaban J connectivity index is -0.000000797. The number of phosphoric acid groups is 1. The Kier molecular flexibility index (Phi) is 30.8. The van der Waals surface area contributed by atoms with Gasteiger partial charge in [-0.3, -0.25) is 0 Å². The van der Waals surface area contributed by atoms with Gasteiger partial charge in [-0.15, -0.1) is 0 Å². The van der Waals surface area contributed by atoms with Crippen LogP contribution in [0.15, 0.2) is 0 Å². The molecule has 1 fully saturated rings. The molecule has 11 nitrogen and oxygen atoms in total. The quantitative estimate of drug-likeness (QED) is 0.0660. The van der Waals surface area contributed by atoms with Gasteiger partial charge in [0, 0.05) is 13.2 Å². The molecule has 5 N–H and O–H groups in total. The summed E-state index contributed by atoms with van der Waals surface area (Å²) in [7, 11) is -4.81. The first-order valence-electron chi connectivity index (χ1n) is 11.9. The molecule has 14 heteroatoms. The van der Waals surface area contributed by atoms with Crippen LogP contribution in [0, 0.1) is 0 Å². The van der Waals surface area contributed by atoms with Gasteiger partial charge in [0.05, 0.1) is 21.0 Å². The van der Waals surface area contributed by atoms with E-state index in [1.54, 1.807) is 0 Å². The van der Waals surface area contributed by atoms with Gasteiger partial charge in [0.2, 0.25) is 0 Å². The van der Waals surface area contributed by atoms with Crippen LogP contribution in [-0.4, -0.2) is 82.7 Å². The fraction of sp³-hybridized carbons (Fsp3) is 1.00. The van der Waals surface area contributed by atoms with Crippen LogP contribution in [0.3, 0.4) is 0 Å². The first kappa shape index (κ1) is 41.3. The minimum atomic E-state index is -4.81. The molecule has 1 rings (SSSR count). The van der Waals surface area contributed by atoms with E-state index in [0.717, 1.165) is 12.8 Å². The van der Waals surface area contributed by atoms with Crippen LogP contribution in [0.4, 0.5) is 0 Å². The zero-order chi connectivity index (χ0) is 25.1. The molecule has 0 aromatic rings. The van der Waals surface area contributed by atoms with Crippen molar-refractivity contribution in [3.63, 3.8) is 0 Å². The van der Waals surface area contributed by atoms with E-state index in [1.165, 1.54) is 51.4 Å². The van der Waals surface area contributed by atoms with E-state index in [2.05, 4.69) is 11.4 Å². The molecule has 0 aliphatic carbocycles. The average Bonchev–Trinajstić information content (AvgIpc) is 2.77. The second-order valence-electron chi connectivity index (χ2n) is 8.11. The van der Waals surface area contributed by atoms with Crippen molar-refractivity contribution in [1.29, 1.82) is 0 Å². The maximum absolute atomic E-state index is 9.84. The van der Waals surface area contributed by atoms with E-state index < -0.39 is 45.1 Å². The Bertz CT molecular complexity index is 500. The zero-order valence-electron chi connectivity index (χ0n) is 21.6. The summed E-state index contributed by atoms with van der Waals surface area (Å²) < 4.78 is 24.2. The van der Waals surface area contributed by atoms with E-state index in [1.807, 2.05) is 0 Å². The van der Waals surface area contributed by atoms with Crippen LogP contribution in [-0.2, 0) is 18.6 Å². The van der Waals surface area contributed by atoms with Crippen molar-refractivity contribution in [3.8, 4) is 0 Å². The van der Waals surface area contributed by atoms with Crippen molar-refractivity contribution in [1.82, 2.24) is 0 Å². The summed E-state index contributed by atoms with van der Waals surface area (Å²) in [5, 5.41) is 46.4. The Hall–Kier alpha value is 1.83. The molecule has 5 atom stereocenters. The van der Waals surface area contributed by atoms with Gasteiger partial charge in [0.15, 0.2) is 6.29 Å². The molecule has 0 aromatic carbocycles. The molecule has 0 bridgehead atoms. The third kappa shape index (κ3) is 22.4. The van der Waals surface area contributed by atoms with Gasteiger partial charge in [-0.05, 0) is 12.8 Å². The molecule has 0 amide bonds. The fourth-order valence-electron chi connectivity index (χ4n) is 3.24. The number of ether oxygens (including phenoxy) is 2. The minimum absolute atomic E-state index is 0. The van der Waals surface area contributed by atoms with Crippen molar-refractivity contribution in [2.75, 3.05) is 26.4 Å². The van der Waals surface area contributed by atoms with Gasteiger partial charge >= 0.3 is 59.1 Å². The summed E-state index contributed by atoms with van der Waals surface area (Å²) in [4.78, 5) is 19.3. The number of aliphatic hydroxyl groups is 5. The molecule has 1 saturated heterocycles. The molecule has 1 aliphatic heterocycles. The predicted molar refractivity (Wildman–Crippen MR) is 117 cm³/mol. The van der Waals surface area contributed by atoms with Gasteiger partial charge in [-0.1, -0.05) is 64.7 Å². The second-order valence-corrected chi connectivity index (χ2v) is 9.26. The molecule has 0 radical (unpaired) electrons. The van der Waals surface area contributed by atoms with E-state index in [9.17, 15) is 29.7 Å². The van der Waals surface area contributed by atoms with Crippen molar-refractivity contribution in [3.05, 3.63) is 0 Å². The molecule has 0 saturated carbocycles. The molecule has 0 spiro atoms. The maximum Gasteiger partial charge on any atom is 1.00 e. The zero-order valence-corrected chi connectivity index (χ0v) is 26.5.